The first-order valence-corrected chi connectivity index (χ1v) is 8.09. The van der Waals surface area contributed by atoms with Crippen LogP contribution >= 0.6 is 34.5 Å². The summed E-state index contributed by atoms with van der Waals surface area (Å²) in [4.78, 5) is 28.1. The fourth-order valence-corrected chi connectivity index (χ4v) is 2.54. The normalized spacial score (nSPS) is 10.7. The molecule has 0 radical (unpaired) electrons. The molecular weight excluding hydrogens is 359 g/mol. The zero-order valence-corrected chi connectivity index (χ0v) is 14.3. The number of aromatic nitrogens is 1. The van der Waals surface area contributed by atoms with Crippen LogP contribution in [0.2, 0.25) is 10.0 Å². The van der Waals surface area contributed by atoms with Gasteiger partial charge in [0.25, 0.3) is 5.91 Å². The van der Waals surface area contributed by atoms with Crippen LogP contribution < -0.4 is 5.32 Å². The van der Waals surface area contributed by atoms with Gasteiger partial charge in [-0.3, -0.25) is 4.79 Å². The Morgan fingerprint density at radius 3 is 2.91 bits per heavy atom. The second kappa shape index (κ2) is 8.10. The zero-order valence-electron chi connectivity index (χ0n) is 12.0. The van der Waals surface area contributed by atoms with E-state index in [0.29, 0.717) is 10.6 Å². The van der Waals surface area contributed by atoms with E-state index in [1.165, 1.54) is 23.6 Å². The number of nitrogens with one attached hydrogen (secondary N) is 1. The van der Waals surface area contributed by atoms with Crippen LogP contribution in [0.25, 0.3) is 6.08 Å². The maximum Gasteiger partial charge on any atom is 0.331 e. The molecule has 23 heavy (non-hydrogen) atoms. The van der Waals surface area contributed by atoms with Crippen molar-refractivity contribution in [1.29, 1.82) is 0 Å². The molecule has 2 aromatic heterocycles. The molecule has 0 spiro atoms. The van der Waals surface area contributed by atoms with Crippen molar-refractivity contribution in [3.8, 4) is 0 Å². The Kier molecular flexibility index (Phi) is 6.15. The van der Waals surface area contributed by atoms with Gasteiger partial charge in [0, 0.05) is 17.2 Å². The van der Waals surface area contributed by atoms with E-state index in [4.69, 9.17) is 27.9 Å². The van der Waals surface area contributed by atoms with Gasteiger partial charge in [-0.15, -0.1) is 11.3 Å². The number of hydrogen-bond donors (Lipinski definition) is 1. The fourth-order valence-electron chi connectivity index (χ4n) is 1.53. The minimum Gasteiger partial charge on any atom is -0.452 e. The summed E-state index contributed by atoms with van der Waals surface area (Å²) in [5.74, 6) is -0.984. The third-order valence-electron chi connectivity index (χ3n) is 2.73. The van der Waals surface area contributed by atoms with Crippen molar-refractivity contribution in [3.63, 3.8) is 0 Å². The van der Waals surface area contributed by atoms with Crippen LogP contribution in [0.1, 0.15) is 10.4 Å². The molecule has 0 aliphatic rings. The molecule has 8 heteroatoms. The van der Waals surface area contributed by atoms with Gasteiger partial charge < -0.3 is 10.1 Å². The summed E-state index contributed by atoms with van der Waals surface area (Å²) >= 11 is 13.4. The number of carbonyl (C=O) groups is 2. The van der Waals surface area contributed by atoms with Crippen molar-refractivity contribution < 1.29 is 14.3 Å². The van der Waals surface area contributed by atoms with Crippen LogP contribution in [0.15, 0.2) is 29.8 Å². The van der Waals surface area contributed by atoms with Gasteiger partial charge in [-0.05, 0) is 30.0 Å². The highest BCUT2D eigenvalue weighted by molar-refractivity contribution is 7.10. The number of esters is 1. The number of amides is 1. The molecule has 2 rings (SSSR count). The van der Waals surface area contributed by atoms with Crippen molar-refractivity contribution in [1.82, 2.24) is 4.98 Å². The van der Waals surface area contributed by atoms with Gasteiger partial charge in [0.15, 0.2) is 12.4 Å². The van der Waals surface area contributed by atoms with Crippen molar-refractivity contribution in [2.45, 2.75) is 6.92 Å². The summed E-state index contributed by atoms with van der Waals surface area (Å²) in [6.07, 6.45) is 4.26. The van der Waals surface area contributed by atoms with E-state index in [0.717, 1.165) is 4.88 Å². The van der Waals surface area contributed by atoms with E-state index in [-0.39, 0.29) is 10.8 Å². The van der Waals surface area contributed by atoms with E-state index in [1.807, 2.05) is 17.5 Å². The van der Waals surface area contributed by atoms with Crippen LogP contribution in [0.4, 0.5) is 5.82 Å². The highest BCUT2D eigenvalue weighted by atomic mass is 35.5. The number of pyridine rings is 1. The van der Waals surface area contributed by atoms with Crippen LogP contribution in [-0.4, -0.2) is 23.5 Å². The first-order chi connectivity index (χ1) is 11.0. The maximum absolute atomic E-state index is 11.8. The van der Waals surface area contributed by atoms with Gasteiger partial charge in [-0.25, -0.2) is 9.78 Å². The molecule has 0 saturated carbocycles. The maximum atomic E-state index is 11.8. The number of nitrogens with zero attached hydrogens (tertiary/aromatic N) is 1. The highest BCUT2D eigenvalue weighted by Crippen LogP contribution is 2.28. The standard InChI is InChI=1S/C15H12Cl2N2O3S/c1-9-11(16)7-18-15(14(9)17)19-12(20)8-22-13(21)5-4-10-3-2-6-23-10/h2-7H,8H2,1H3,(H,18,19,20)/b5-4+. The van der Waals surface area contributed by atoms with Crippen LogP contribution in [0.3, 0.4) is 0 Å². The number of carbonyl (C=O) groups excluding carboxylic acids is 2. The molecule has 0 saturated heterocycles. The Balaban J connectivity index is 1.86. The van der Waals surface area contributed by atoms with Crippen molar-refractivity contribution >= 4 is 58.3 Å². The lowest BCUT2D eigenvalue weighted by Gasteiger charge is -2.08. The summed E-state index contributed by atoms with van der Waals surface area (Å²) in [6.45, 7) is 1.27. The van der Waals surface area contributed by atoms with Gasteiger partial charge in [0.1, 0.15) is 0 Å². The molecule has 0 fully saturated rings. The smallest absolute Gasteiger partial charge is 0.331 e. The number of ether oxygens (including phenoxy) is 1. The minimum atomic E-state index is -0.611. The first kappa shape index (κ1) is 17.5. The topological polar surface area (TPSA) is 68.3 Å². The molecule has 0 aliphatic heterocycles. The second-order valence-corrected chi connectivity index (χ2v) is 6.16. The Bertz CT molecular complexity index is 745. The van der Waals surface area contributed by atoms with Crippen LogP contribution in [-0.2, 0) is 14.3 Å². The molecule has 120 valence electrons. The number of hydrogen-bond acceptors (Lipinski definition) is 5. The monoisotopic (exact) mass is 370 g/mol. The average molecular weight is 371 g/mol. The van der Waals surface area contributed by atoms with E-state index in [9.17, 15) is 9.59 Å². The van der Waals surface area contributed by atoms with Gasteiger partial charge in [0.05, 0.1) is 10.0 Å². The summed E-state index contributed by atoms with van der Waals surface area (Å²) < 4.78 is 4.84. The van der Waals surface area contributed by atoms with E-state index in [1.54, 1.807) is 13.0 Å². The zero-order chi connectivity index (χ0) is 16.8. The Morgan fingerprint density at radius 2 is 2.22 bits per heavy atom. The third-order valence-corrected chi connectivity index (χ3v) is 4.41. The molecule has 0 unspecified atom stereocenters. The molecule has 5 nitrogen and oxygen atoms in total. The second-order valence-electron chi connectivity index (χ2n) is 4.40. The Labute approximate surface area is 146 Å². The molecule has 0 bridgehead atoms. The molecule has 1 amide bonds. The van der Waals surface area contributed by atoms with Gasteiger partial charge >= 0.3 is 5.97 Å². The predicted octanol–water partition coefficient (Wildman–Crippen LogP) is 3.95. The van der Waals surface area contributed by atoms with E-state index >= 15 is 0 Å². The van der Waals surface area contributed by atoms with E-state index in [2.05, 4.69) is 10.3 Å². The van der Waals surface area contributed by atoms with Crippen molar-refractivity contribution in [2.24, 2.45) is 0 Å². The molecule has 1 N–H and O–H groups in total. The molecule has 0 aliphatic carbocycles. The number of anilines is 1. The van der Waals surface area contributed by atoms with Crippen molar-refractivity contribution in [3.05, 3.63) is 50.3 Å². The third kappa shape index (κ3) is 5.06. The molecule has 2 aromatic rings. The number of halogens is 2. The fraction of sp³-hybridized carbons (Fsp3) is 0.133. The quantitative estimate of drug-likeness (QED) is 0.638. The number of thiophene rings is 1. The summed E-state index contributed by atoms with van der Waals surface area (Å²) in [6, 6.07) is 3.73. The Hall–Kier alpha value is -1.89. The van der Waals surface area contributed by atoms with Crippen LogP contribution in [0, 0.1) is 6.92 Å². The summed E-state index contributed by atoms with van der Waals surface area (Å²) in [5.41, 5.74) is 0.606. The largest absolute Gasteiger partial charge is 0.452 e. The lowest BCUT2D eigenvalue weighted by molar-refractivity contribution is -0.142. The van der Waals surface area contributed by atoms with Gasteiger partial charge in [-0.2, -0.15) is 0 Å². The predicted molar refractivity (Wildman–Crippen MR) is 91.9 cm³/mol. The molecule has 2 heterocycles. The Morgan fingerprint density at radius 1 is 1.43 bits per heavy atom. The summed E-state index contributed by atoms with van der Waals surface area (Å²) in [5, 5.41) is 5.00. The molecule has 0 atom stereocenters. The minimum absolute atomic E-state index is 0.170. The summed E-state index contributed by atoms with van der Waals surface area (Å²) in [7, 11) is 0. The van der Waals surface area contributed by atoms with E-state index < -0.39 is 18.5 Å². The number of rotatable bonds is 5. The lowest BCUT2D eigenvalue weighted by Crippen LogP contribution is -2.21. The lowest BCUT2D eigenvalue weighted by atomic mass is 10.3. The average Bonchev–Trinajstić information content (AvgIpc) is 3.05. The van der Waals surface area contributed by atoms with Gasteiger partial charge in [-0.1, -0.05) is 29.3 Å². The van der Waals surface area contributed by atoms with Crippen LogP contribution in [0.5, 0.6) is 0 Å². The molecule has 0 aromatic carbocycles. The SMILES string of the molecule is Cc1c(Cl)cnc(NC(=O)COC(=O)/C=C/c2cccs2)c1Cl. The first-order valence-electron chi connectivity index (χ1n) is 6.46. The van der Waals surface area contributed by atoms with Crippen molar-refractivity contribution in [2.75, 3.05) is 11.9 Å². The van der Waals surface area contributed by atoms with Gasteiger partial charge in [0.2, 0.25) is 0 Å². The molecular formula is C15H12Cl2N2O3S. The highest BCUT2D eigenvalue weighted by Gasteiger charge is 2.12.